The molecule has 0 fully saturated rings. The maximum absolute atomic E-state index is 9.00. The minimum Gasteiger partial charge on any atom is -0.481 e. The van der Waals surface area contributed by atoms with Crippen molar-refractivity contribution in [2.75, 3.05) is 19.7 Å². The lowest BCUT2D eigenvalue weighted by Gasteiger charge is -1.90. The highest BCUT2D eigenvalue weighted by molar-refractivity contribution is 5.63. The van der Waals surface area contributed by atoms with Crippen LogP contribution in [0.2, 0.25) is 0 Å². The van der Waals surface area contributed by atoms with Gasteiger partial charge in [-0.3, -0.25) is 19.2 Å². The molecule has 1 atom stereocenters. The lowest BCUT2D eigenvalue weighted by atomic mass is 10.5. The average Bonchev–Trinajstić information content (AvgIpc) is 2.36. The summed E-state index contributed by atoms with van der Waals surface area (Å²) in [5.41, 5.74) is 9.81. The van der Waals surface area contributed by atoms with Gasteiger partial charge in [-0.25, -0.2) is 0 Å². The van der Waals surface area contributed by atoms with Crippen molar-refractivity contribution >= 4 is 23.9 Å². The molecule has 10 N–H and O–H groups in total. The molecule has 0 heterocycles. The first kappa shape index (κ1) is 38.3. The predicted octanol–water partition coefficient (Wildman–Crippen LogP) is -1.37. The number of carbonyl (C=O) groups is 4. The summed E-state index contributed by atoms with van der Waals surface area (Å²) in [6.45, 7) is 6.92. The number of aliphatic hydroxyl groups is 2. The Labute approximate surface area is 146 Å². The van der Waals surface area contributed by atoms with Gasteiger partial charge in [-0.2, -0.15) is 0 Å². The zero-order valence-corrected chi connectivity index (χ0v) is 15.2. The van der Waals surface area contributed by atoms with Crippen molar-refractivity contribution in [2.45, 2.75) is 40.7 Å². The molecule has 1 unspecified atom stereocenters. The molecule has 0 aliphatic carbocycles. The molecular weight excluding hydrogens is 344 g/mol. The lowest BCUT2D eigenvalue weighted by molar-refractivity contribution is -0.135. The van der Waals surface area contributed by atoms with E-state index in [0.29, 0.717) is 13.1 Å². The second-order valence-corrected chi connectivity index (χ2v) is 3.69. The standard InChI is InChI=1S/C3H8O2.C2H8N2.4C2H4O2/c1-3(5)2-4;3-1-2-4;4*1-2(3)4/h3-5H,2H2,1H3;1-4H2;4*1H3,(H,3,4). The van der Waals surface area contributed by atoms with Gasteiger partial charge in [-0.15, -0.1) is 0 Å². The third kappa shape index (κ3) is 16300. The van der Waals surface area contributed by atoms with Crippen LogP contribution < -0.4 is 11.5 Å². The highest BCUT2D eigenvalue weighted by atomic mass is 16.4. The van der Waals surface area contributed by atoms with Gasteiger partial charge in [0.1, 0.15) is 0 Å². The Bertz CT molecular complexity index is 243. The van der Waals surface area contributed by atoms with E-state index in [1.165, 1.54) is 6.92 Å². The summed E-state index contributed by atoms with van der Waals surface area (Å²) >= 11 is 0. The largest absolute Gasteiger partial charge is 0.481 e. The van der Waals surface area contributed by atoms with Gasteiger partial charge < -0.3 is 42.1 Å². The van der Waals surface area contributed by atoms with Crippen molar-refractivity contribution in [2.24, 2.45) is 11.5 Å². The summed E-state index contributed by atoms with van der Waals surface area (Å²) in [5, 5.41) is 45.7. The second kappa shape index (κ2) is 37.7. The number of rotatable bonds is 2. The first-order chi connectivity index (χ1) is 11.1. The fraction of sp³-hybridized carbons (Fsp3) is 0.692. The van der Waals surface area contributed by atoms with Gasteiger partial charge in [0.15, 0.2) is 0 Å². The fourth-order valence-electron chi connectivity index (χ4n) is 0. The van der Waals surface area contributed by atoms with Gasteiger partial charge in [0, 0.05) is 40.8 Å². The molecule has 0 amide bonds. The van der Waals surface area contributed by atoms with Crippen LogP contribution in [-0.4, -0.2) is 80.3 Å². The number of carboxylic acid groups (broad SMARTS) is 4. The Kier molecular flexibility index (Phi) is 57.9. The number of aliphatic hydroxyl groups excluding tert-OH is 2. The van der Waals surface area contributed by atoms with Gasteiger partial charge in [-0.05, 0) is 6.92 Å². The number of aliphatic carboxylic acids is 4. The van der Waals surface area contributed by atoms with E-state index in [1.807, 2.05) is 0 Å². The van der Waals surface area contributed by atoms with Gasteiger partial charge in [-0.1, -0.05) is 0 Å². The summed E-state index contributed by atoms with van der Waals surface area (Å²) in [6.07, 6.45) is -0.560. The molecule has 0 aromatic rings. The molecular formula is C13H32N2O10. The number of carboxylic acids is 4. The summed E-state index contributed by atoms with van der Waals surface area (Å²) < 4.78 is 0. The molecule has 0 bridgehead atoms. The van der Waals surface area contributed by atoms with E-state index < -0.39 is 30.0 Å². The smallest absolute Gasteiger partial charge is 0.300 e. The highest BCUT2D eigenvalue weighted by Gasteiger charge is 1.83. The minimum absolute atomic E-state index is 0.139. The molecule has 0 aliphatic rings. The molecule has 0 saturated carbocycles. The Hall–Kier alpha value is -2.28. The lowest BCUT2D eigenvalue weighted by Crippen LogP contribution is -2.11. The maximum atomic E-state index is 9.00. The van der Waals surface area contributed by atoms with E-state index in [0.717, 1.165) is 27.7 Å². The molecule has 0 spiro atoms. The van der Waals surface area contributed by atoms with Crippen LogP contribution in [0, 0.1) is 0 Å². The van der Waals surface area contributed by atoms with Crippen LogP contribution in [0.25, 0.3) is 0 Å². The van der Waals surface area contributed by atoms with Crippen LogP contribution in [0.5, 0.6) is 0 Å². The summed E-state index contributed by atoms with van der Waals surface area (Å²) in [7, 11) is 0. The minimum atomic E-state index is -0.833. The van der Waals surface area contributed by atoms with Crippen LogP contribution in [-0.2, 0) is 19.2 Å². The fourth-order valence-corrected chi connectivity index (χ4v) is 0. The molecule has 0 radical (unpaired) electrons. The van der Waals surface area contributed by atoms with Gasteiger partial charge in [0.25, 0.3) is 23.9 Å². The molecule has 154 valence electrons. The molecule has 0 aromatic heterocycles. The Morgan fingerprint density at radius 2 is 0.800 bits per heavy atom. The van der Waals surface area contributed by atoms with Crippen LogP contribution in [0.1, 0.15) is 34.6 Å². The van der Waals surface area contributed by atoms with Crippen molar-refractivity contribution in [3.8, 4) is 0 Å². The predicted molar refractivity (Wildman–Crippen MR) is 90.1 cm³/mol. The van der Waals surface area contributed by atoms with Crippen molar-refractivity contribution in [1.82, 2.24) is 0 Å². The zero-order chi connectivity index (χ0) is 22.0. The van der Waals surface area contributed by atoms with Crippen molar-refractivity contribution < 1.29 is 49.8 Å². The number of hydrogen-bond donors (Lipinski definition) is 8. The normalized spacial score (nSPS) is 8.20. The van der Waals surface area contributed by atoms with Crippen molar-refractivity contribution in [3.05, 3.63) is 0 Å². The summed E-state index contributed by atoms with van der Waals surface area (Å²) in [4.78, 5) is 36.0. The monoisotopic (exact) mass is 376 g/mol. The SMILES string of the molecule is CC(=O)O.CC(=O)O.CC(=O)O.CC(=O)O.CC(O)CO.NCCN. The van der Waals surface area contributed by atoms with E-state index in [-0.39, 0.29) is 6.61 Å². The second-order valence-electron chi connectivity index (χ2n) is 3.69. The van der Waals surface area contributed by atoms with E-state index in [9.17, 15) is 0 Å². The van der Waals surface area contributed by atoms with E-state index in [1.54, 1.807) is 0 Å². The Balaban J connectivity index is -0.0000000434. The first-order valence-corrected chi connectivity index (χ1v) is 6.59. The average molecular weight is 376 g/mol. The van der Waals surface area contributed by atoms with Crippen LogP contribution in [0.3, 0.4) is 0 Å². The van der Waals surface area contributed by atoms with Crippen LogP contribution in [0.4, 0.5) is 0 Å². The third-order valence-corrected chi connectivity index (χ3v) is 0.431. The topological polar surface area (TPSA) is 242 Å². The van der Waals surface area contributed by atoms with E-state index in [2.05, 4.69) is 0 Å². The third-order valence-electron chi connectivity index (χ3n) is 0.431. The van der Waals surface area contributed by atoms with Gasteiger partial charge in [0.2, 0.25) is 0 Å². The van der Waals surface area contributed by atoms with E-state index in [4.69, 9.17) is 61.3 Å². The van der Waals surface area contributed by atoms with Crippen LogP contribution in [0.15, 0.2) is 0 Å². The van der Waals surface area contributed by atoms with E-state index >= 15 is 0 Å². The molecule has 12 heteroatoms. The maximum Gasteiger partial charge on any atom is 0.300 e. The Morgan fingerprint density at radius 1 is 0.720 bits per heavy atom. The molecule has 0 aliphatic heterocycles. The molecule has 25 heavy (non-hydrogen) atoms. The highest BCUT2D eigenvalue weighted by Crippen LogP contribution is 1.68. The number of nitrogens with two attached hydrogens (primary N) is 2. The van der Waals surface area contributed by atoms with Crippen molar-refractivity contribution in [3.63, 3.8) is 0 Å². The molecule has 0 rings (SSSR count). The summed E-state index contributed by atoms with van der Waals surface area (Å²) in [6, 6.07) is 0. The van der Waals surface area contributed by atoms with Crippen LogP contribution >= 0.6 is 0 Å². The quantitative estimate of drug-likeness (QED) is 0.278. The summed E-state index contributed by atoms with van der Waals surface area (Å²) in [5.74, 6) is -3.33. The molecule has 0 saturated heterocycles. The first-order valence-electron chi connectivity index (χ1n) is 6.59. The number of hydrogen-bond acceptors (Lipinski definition) is 8. The van der Waals surface area contributed by atoms with Gasteiger partial charge >= 0.3 is 0 Å². The molecule has 12 nitrogen and oxygen atoms in total. The van der Waals surface area contributed by atoms with Crippen molar-refractivity contribution in [1.29, 1.82) is 0 Å². The molecule has 0 aromatic carbocycles. The zero-order valence-electron chi connectivity index (χ0n) is 15.2. The Morgan fingerprint density at radius 3 is 0.800 bits per heavy atom. The van der Waals surface area contributed by atoms with Gasteiger partial charge in [0.05, 0.1) is 12.7 Å².